The van der Waals surface area contributed by atoms with E-state index in [-0.39, 0.29) is 6.54 Å². The van der Waals surface area contributed by atoms with Crippen LogP contribution in [0.2, 0.25) is 0 Å². The molecule has 9 heteroatoms. The maximum atomic E-state index is 11.7. The summed E-state index contributed by atoms with van der Waals surface area (Å²) in [4.78, 5) is 11.7. The van der Waals surface area contributed by atoms with Gasteiger partial charge < -0.3 is 22.8 Å². The van der Waals surface area contributed by atoms with Gasteiger partial charge in [0.15, 0.2) is 23.0 Å². The van der Waals surface area contributed by atoms with Crippen molar-refractivity contribution in [1.29, 1.82) is 0 Å². The number of rotatable bonds is 3. The molecule has 0 spiro atoms. The summed E-state index contributed by atoms with van der Waals surface area (Å²) in [5.74, 6) is 0.533. The SMILES string of the molecule is CC(C)(C)OC(=O)NC[C@H]1OB(O)c2c(OI)ccc(Br)c21. The Bertz CT molecular complexity index is 580. The topological polar surface area (TPSA) is 77.0 Å². The first-order chi connectivity index (χ1) is 10.2. The van der Waals surface area contributed by atoms with Crippen molar-refractivity contribution in [2.45, 2.75) is 32.5 Å². The molecular formula is C13H16BBrINO5. The molecular weight excluding hydrogens is 468 g/mol. The Morgan fingerprint density at radius 2 is 2.23 bits per heavy atom. The van der Waals surface area contributed by atoms with Gasteiger partial charge in [0.05, 0.1) is 6.10 Å². The largest absolute Gasteiger partial charge is 0.495 e. The Kier molecular flexibility index (Phi) is 5.62. The zero-order chi connectivity index (χ0) is 16.5. The molecule has 0 fully saturated rings. The van der Waals surface area contributed by atoms with Crippen molar-refractivity contribution in [3.63, 3.8) is 0 Å². The fraction of sp³-hybridized carbons (Fsp3) is 0.462. The quantitative estimate of drug-likeness (QED) is 0.510. The monoisotopic (exact) mass is 483 g/mol. The molecule has 1 amide bonds. The molecule has 1 aliphatic heterocycles. The van der Waals surface area contributed by atoms with Crippen LogP contribution in [0.15, 0.2) is 16.6 Å². The van der Waals surface area contributed by atoms with Crippen LogP contribution in [0, 0.1) is 0 Å². The van der Waals surface area contributed by atoms with Crippen LogP contribution < -0.4 is 13.8 Å². The van der Waals surface area contributed by atoms with Gasteiger partial charge in [-0.3, -0.25) is 0 Å². The van der Waals surface area contributed by atoms with E-state index in [2.05, 4.69) is 21.2 Å². The molecule has 2 rings (SSSR count). The highest BCUT2D eigenvalue weighted by Gasteiger charge is 2.39. The zero-order valence-corrected chi connectivity index (χ0v) is 16.1. The van der Waals surface area contributed by atoms with Crippen molar-refractivity contribution in [1.82, 2.24) is 5.32 Å². The van der Waals surface area contributed by atoms with Crippen molar-refractivity contribution >= 4 is 57.6 Å². The molecule has 1 aromatic carbocycles. The Hall–Kier alpha value is -0.515. The van der Waals surface area contributed by atoms with Gasteiger partial charge in [0.1, 0.15) is 11.4 Å². The highest BCUT2D eigenvalue weighted by molar-refractivity contribution is 14.1. The Morgan fingerprint density at radius 3 is 2.82 bits per heavy atom. The highest BCUT2D eigenvalue weighted by atomic mass is 127. The Labute approximate surface area is 151 Å². The number of fused-ring (bicyclic) bond motifs is 1. The number of carbonyl (C=O) groups is 1. The molecule has 0 aromatic heterocycles. The Balaban J connectivity index is 2.12. The van der Waals surface area contributed by atoms with Crippen LogP contribution in [-0.4, -0.2) is 30.4 Å². The lowest BCUT2D eigenvalue weighted by atomic mass is 9.78. The predicted molar refractivity (Wildman–Crippen MR) is 94.5 cm³/mol. The summed E-state index contributed by atoms with van der Waals surface area (Å²) >= 11 is 5.19. The van der Waals surface area contributed by atoms with Crippen LogP contribution in [0.4, 0.5) is 4.79 Å². The van der Waals surface area contributed by atoms with Gasteiger partial charge in [-0.25, -0.2) is 4.79 Å². The second-order valence-corrected chi connectivity index (χ2v) is 7.10. The summed E-state index contributed by atoms with van der Waals surface area (Å²) in [5, 5.41) is 12.7. The second kappa shape index (κ2) is 6.94. The van der Waals surface area contributed by atoms with Gasteiger partial charge in [0, 0.05) is 16.5 Å². The highest BCUT2D eigenvalue weighted by Crippen LogP contribution is 2.33. The van der Waals surface area contributed by atoms with Gasteiger partial charge in [-0.05, 0) is 38.5 Å². The average Bonchev–Trinajstić information content (AvgIpc) is 2.74. The number of ether oxygens (including phenoxy) is 1. The summed E-state index contributed by atoms with van der Waals surface area (Å²) in [7, 11) is -1.09. The smallest absolute Gasteiger partial charge is 0.444 e. The van der Waals surface area contributed by atoms with Crippen LogP contribution in [0.5, 0.6) is 5.75 Å². The maximum Gasteiger partial charge on any atom is 0.495 e. The van der Waals surface area contributed by atoms with E-state index in [1.54, 1.807) is 49.8 Å². The summed E-state index contributed by atoms with van der Waals surface area (Å²) in [6, 6.07) is 3.56. The third-order valence-corrected chi connectivity index (χ3v) is 4.14. The minimum Gasteiger partial charge on any atom is -0.444 e. The molecule has 1 atom stereocenters. The zero-order valence-electron chi connectivity index (χ0n) is 12.4. The normalized spacial score (nSPS) is 17.2. The molecule has 1 aliphatic rings. The van der Waals surface area contributed by atoms with E-state index in [0.717, 1.165) is 10.0 Å². The number of alkyl carbamates (subject to hydrolysis) is 1. The van der Waals surface area contributed by atoms with Gasteiger partial charge in [-0.15, -0.1) is 0 Å². The number of carbonyl (C=O) groups excluding carboxylic acids is 1. The first kappa shape index (κ1) is 17.8. The minimum absolute atomic E-state index is 0.183. The van der Waals surface area contributed by atoms with Crippen molar-refractivity contribution < 1.29 is 22.3 Å². The molecule has 6 nitrogen and oxygen atoms in total. The van der Waals surface area contributed by atoms with Crippen molar-refractivity contribution in [3.05, 3.63) is 22.2 Å². The van der Waals surface area contributed by atoms with Gasteiger partial charge >= 0.3 is 13.2 Å². The van der Waals surface area contributed by atoms with Crippen LogP contribution >= 0.6 is 38.9 Å². The Morgan fingerprint density at radius 1 is 1.55 bits per heavy atom. The standard InChI is InChI=1S/C13H16BBrINO5/c1-13(2,3)20-12(18)17-6-9-10-7(15)4-5-8(22-16)11(10)14(19)21-9/h4-5,9,19H,6H2,1-3H3,(H,17,18)/t9-/m1/s1. The molecule has 0 saturated heterocycles. The lowest BCUT2D eigenvalue weighted by Crippen LogP contribution is -2.35. The molecule has 0 radical (unpaired) electrons. The summed E-state index contributed by atoms with van der Waals surface area (Å²) in [5.41, 5.74) is 0.762. The number of nitrogens with one attached hydrogen (secondary N) is 1. The number of halogens is 2. The van der Waals surface area contributed by atoms with Crippen LogP contribution in [0.25, 0.3) is 0 Å². The van der Waals surface area contributed by atoms with Gasteiger partial charge in [0.2, 0.25) is 0 Å². The summed E-state index contributed by atoms with van der Waals surface area (Å²) in [6.45, 7) is 5.55. The number of hydrogen-bond donors (Lipinski definition) is 2. The molecule has 0 bridgehead atoms. The molecule has 120 valence electrons. The first-order valence-electron chi connectivity index (χ1n) is 6.64. The van der Waals surface area contributed by atoms with E-state index in [1.807, 2.05) is 6.07 Å². The average molecular weight is 484 g/mol. The van der Waals surface area contributed by atoms with Crippen molar-refractivity contribution in [2.75, 3.05) is 6.54 Å². The predicted octanol–water partition coefficient (Wildman–Crippen LogP) is 2.46. The van der Waals surface area contributed by atoms with Crippen LogP contribution in [0.1, 0.15) is 32.4 Å². The lowest BCUT2D eigenvalue weighted by molar-refractivity contribution is 0.0498. The minimum atomic E-state index is -1.09. The first-order valence-corrected chi connectivity index (χ1v) is 8.31. The molecule has 0 saturated carbocycles. The van der Waals surface area contributed by atoms with E-state index < -0.39 is 24.9 Å². The van der Waals surface area contributed by atoms with Gasteiger partial charge in [-0.1, -0.05) is 15.9 Å². The van der Waals surface area contributed by atoms with Crippen LogP contribution in [-0.2, 0) is 9.39 Å². The van der Waals surface area contributed by atoms with Crippen molar-refractivity contribution in [2.24, 2.45) is 0 Å². The molecule has 1 aromatic rings. The van der Waals surface area contributed by atoms with E-state index in [0.29, 0.717) is 11.2 Å². The van der Waals surface area contributed by atoms with Gasteiger partial charge in [-0.2, -0.15) is 0 Å². The van der Waals surface area contributed by atoms with E-state index in [1.165, 1.54) is 0 Å². The summed E-state index contributed by atoms with van der Waals surface area (Å²) in [6.07, 6.45) is -1.02. The van der Waals surface area contributed by atoms with E-state index in [9.17, 15) is 9.82 Å². The molecule has 2 N–H and O–H groups in total. The second-order valence-electron chi connectivity index (χ2n) is 5.81. The molecule has 0 aliphatic carbocycles. The third-order valence-electron chi connectivity index (χ3n) is 2.97. The van der Waals surface area contributed by atoms with Crippen molar-refractivity contribution in [3.8, 4) is 5.75 Å². The molecule has 0 unspecified atom stereocenters. The summed E-state index contributed by atoms with van der Waals surface area (Å²) < 4.78 is 16.7. The van der Waals surface area contributed by atoms with E-state index in [4.69, 9.17) is 12.5 Å². The molecule has 1 heterocycles. The third kappa shape index (κ3) is 4.06. The fourth-order valence-electron chi connectivity index (χ4n) is 2.17. The number of amides is 1. The number of hydrogen-bond acceptors (Lipinski definition) is 5. The maximum absolute atomic E-state index is 11.7. The lowest BCUT2D eigenvalue weighted by Gasteiger charge is -2.21. The van der Waals surface area contributed by atoms with Crippen LogP contribution in [0.3, 0.4) is 0 Å². The molecule has 22 heavy (non-hydrogen) atoms. The fourth-order valence-corrected chi connectivity index (χ4v) is 3.16. The van der Waals surface area contributed by atoms with Gasteiger partial charge in [0.25, 0.3) is 0 Å². The number of benzene rings is 1. The van der Waals surface area contributed by atoms with E-state index >= 15 is 0 Å².